The second-order valence-electron chi connectivity index (χ2n) is 10.2. The summed E-state index contributed by atoms with van der Waals surface area (Å²) in [5.41, 5.74) is 1.62. The van der Waals surface area contributed by atoms with Crippen LogP contribution in [0.1, 0.15) is 18.1 Å². The molecule has 0 saturated heterocycles. The van der Waals surface area contributed by atoms with Gasteiger partial charge in [-0.3, -0.25) is 0 Å². The molecule has 1 atom stereocenters. The van der Waals surface area contributed by atoms with Crippen molar-refractivity contribution in [1.82, 2.24) is 15.0 Å². The second kappa shape index (κ2) is 19.6. The Balaban J connectivity index is 2.10. The van der Waals surface area contributed by atoms with E-state index in [-0.39, 0.29) is 90.1 Å². The van der Waals surface area contributed by atoms with E-state index in [1.54, 1.807) is 29.9 Å². The Morgan fingerprint density at radius 1 is 0.622 bits per heavy atom. The topological polar surface area (TPSA) is 177 Å². The number of nitrogens with zero attached hydrogens (tertiary/aromatic N) is 6. The van der Waals surface area contributed by atoms with Gasteiger partial charge in [0.2, 0.25) is 17.8 Å². The third kappa shape index (κ3) is 11.3. The lowest BCUT2D eigenvalue weighted by atomic mass is 10.2. The lowest BCUT2D eigenvalue weighted by Crippen LogP contribution is -2.36. The number of rotatable bonds is 22. The van der Waals surface area contributed by atoms with Gasteiger partial charge in [0.1, 0.15) is 24.7 Å². The van der Waals surface area contributed by atoms with Crippen LogP contribution in [-0.2, 0) is 17.8 Å². The summed E-state index contributed by atoms with van der Waals surface area (Å²) >= 11 is 0. The number of aliphatic hydroxyl groups is 5. The number of methoxy groups -OCH3 is 1. The molecule has 0 aliphatic rings. The molecule has 1 heterocycles. The highest BCUT2D eigenvalue weighted by atomic mass is 16.5. The van der Waals surface area contributed by atoms with E-state index in [4.69, 9.17) is 29.2 Å². The van der Waals surface area contributed by atoms with E-state index >= 15 is 0 Å². The first-order valence-corrected chi connectivity index (χ1v) is 15.0. The Hall–Kier alpha value is -3.79. The van der Waals surface area contributed by atoms with E-state index in [0.717, 1.165) is 11.1 Å². The quantitative estimate of drug-likeness (QED) is 0.0967. The Bertz CT molecular complexity index is 1260. The molecule has 0 fully saturated rings. The van der Waals surface area contributed by atoms with E-state index < -0.39 is 6.10 Å². The van der Waals surface area contributed by atoms with Crippen LogP contribution in [-0.4, -0.2) is 126 Å². The molecular formula is C31H46N6O8. The van der Waals surface area contributed by atoms with Gasteiger partial charge in [-0.15, -0.1) is 0 Å². The first-order valence-electron chi connectivity index (χ1n) is 15.0. The van der Waals surface area contributed by atoms with Crippen LogP contribution < -0.4 is 24.2 Å². The van der Waals surface area contributed by atoms with Crippen LogP contribution >= 0.6 is 0 Å². The largest absolute Gasteiger partial charge is 0.491 e. The Kier molecular flexibility index (Phi) is 15.5. The van der Waals surface area contributed by atoms with Crippen molar-refractivity contribution in [3.63, 3.8) is 0 Å². The van der Waals surface area contributed by atoms with Crippen molar-refractivity contribution in [3.8, 4) is 11.5 Å². The lowest BCUT2D eigenvalue weighted by Gasteiger charge is -2.30. The zero-order valence-corrected chi connectivity index (χ0v) is 26.0. The highest BCUT2D eigenvalue weighted by Crippen LogP contribution is 2.27. The molecule has 3 rings (SSSR count). The molecule has 0 radical (unpaired) electrons. The van der Waals surface area contributed by atoms with E-state index in [1.165, 1.54) is 0 Å². The maximum atomic E-state index is 10.5. The number of aromatic nitrogens is 3. The number of hydrogen-bond acceptors (Lipinski definition) is 14. The maximum absolute atomic E-state index is 10.5. The normalized spacial score (nSPS) is 11.7. The van der Waals surface area contributed by atoms with E-state index in [2.05, 4.69) is 0 Å². The van der Waals surface area contributed by atoms with Gasteiger partial charge in [-0.1, -0.05) is 36.4 Å². The zero-order chi connectivity index (χ0) is 32.4. The van der Waals surface area contributed by atoms with Gasteiger partial charge < -0.3 is 54.4 Å². The molecule has 0 aliphatic carbocycles. The minimum atomic E-state index is -0.745. The molecule has 0 saturated carbocycles. The predicted octanol–water partition coefficient (Wildman–Crippen LogP) is 0.445. The Morgan fingerprint density at radius 3 is 1.60 bits per heavy atom. The molecule has 2 aromatic carbocycles. The highest BCUT2D eigenvalue weighted by Gasteiger charge is 2.23. The fourth-order valence-electron chi connectivity index (χ4n) is 4.58. The van der Waals surface area contributed by atoms with Gasteiger partial charge in [0.05, 0.1) is 39.1 Å². The van der Waals surface area contributed by atoms with E-state index in [1.807, 2.05) is 47.4 Å². The van der Waals surface area contributed by atoms with Gasteiger partial charge in [0, 0.05) is 57.5 Å². The maximum Gasteiger partial charge on any atom is 0.232 e. The number of para-hydroxylation sites is 2. The summed E-state index contributed by atoms with van der Waals surface area (Å²) in [6.45, 7) is 3.06. The molecule has 14 heteroatoms. The standard InChI is InChI=1S/C31H46N6O8/c1-24(42)21-37(23-26-8-4-6-10-28(26)45-20-19-43-2)31-33-29(35(11-14-38)12-15-39)32-30(34-31)36(13-16-40)22-25-7-3-5-9-27(25)44-18-17-41/h3-10,24,38-42H,11-23H2,1-2H3. The Labute approximate surface area is 264 Å². The van der Waals surface area contributed by atoms with Gasteiger partial charge >= 0.3 is 0 Å². The molecule has 0 spiro atoms. The van der Waals surface area contributed by atoms with E-state index in [0.29, 0.717) is 24.7 Å². The van der Waals surface area contributed by atoms with Crippen LogP contribution in [0.25, 0.3) is 0 Å². The SMILES string of the molecule is COCCOc1ccccc1CN(CC(C)O)c1nc(N(CCO)CCO)nc(N(CCO)Cc2ccccc2OCCO)n1. The summed E-state index contributed by atoms with van der Waals surface area (Å²) in [6.07, 6.45) is -0.745. The van der Waals surface area contributed by atoms with Crippen LogP contribution in [0.15, 0.2) is 48.5 Å². The van der Waals surface area contributed by atoms with E-state index in [9.17, 15) is 25.5 Å². The second-order valence-corrected chi connectivity index (χ2v) is 10.2. The molecular weight excluding hydrogens is 584 g/mol. The van der Waals surface area contributed by atoms with Crippen LogP contribution in [0.4, 0.5) is 17.8 Å². The fraction of sp³-hybridized carbons (Fsp3) is 0.516. The summed E-state index contributed by atoms with van der Waals surface area (Å²) < 4.78 is 16.8. The minimum Gasteiger partial charge on any atom is -0.491 e. The molecule has 3 aromatic rings. The summed E-state index contributed by atoms with van der Waals surface area (Å²) in [7, 11) is 1.60. The van der Waals surface area contributed by atoms with Crippen molar-refractivity contribution in [3.05, 3.63) is 59.7 Å². The summed E-state index contributed by atoms with van der Waals surface area (Å²) in [5, 5.41) is 49.3. The molecule has 0 amide bonds. The highest BCUT2D eigenvalue weighted by molar-refractivity contribution is 5.49. The van der Waals surface area contributed by atoms with Crippen molar-refractivity contribution < 1.29 is 39.7 Å². The van der Waals surface area contributed by atoms with Crippen molar-refractivity contribution in [2.24, 2.45) is 0 Å². The number of benzene rings is 2. The molecule has 45 heavy (non-hydrogen) atoms. The number of ether oxygens (including phenoxy) is 3. The van der Waals surface area contributed by atoms with Gasteiger partial charge in [0.25, 0.3) is 0 Å². The molecule has 0 bridgehead atoms. The zero-order valence-electron chi connectivity index (χ0n) is 26.0. The van der Waals surface area contributed by atoms with Crippen LogP contribution in [0.3, 0.4) is 0 Å². The van der Waals surface area contributed by atoms with Gasteiger partial charge in [-0.2, -0.15) is 15.0 Å². The summed E-state index contributed by atoms with van der Waals surface area (Å²) in [6, 6.07) is 14.9. The third-order valence-electron chi connectivity index (χ3n) is 6.60. The molecule has 1 unspecified atom stereocenters. The first kappa shape index (κ1) is 35.7. The van der Waals surface area contributed by atoms with Crippen molar-refractivity contribution in [2.75, 3.05) is 94.2 Å². The molecule has 5 N–H and O–H groups in total. The average molecular weight is 631 g/mol. The molecule has 0 aliphatic heterocycles. The van der Waals surface area contributed by atoms with Crippen molar-refractivity contribution in [2.45, 2.75) is 26.1 Å². The summed E-state index contributed by atoms with van der Waals surface area (Å²) in [5.74, 6) is 1.93. The van der Waals surface area contributed by atoms with Crippen molar-refractivity contribution in [1.29, 1.82) is 0 Å². The number of anilines is 3. The van der Waals surface area contributed by atoms with Crippen molar-refractivity contribution >= 4 is 17.8 Å². The monoisotopic (exact) mass is 630 g/mol. The molecule has 1 aromatic heterocycles. The van der Waals surface area contributed by atoms with Crippen LogP contribution in [0.2, 0.25) is 0 Å². The van der Waals surface area contributed by atoms with Crippen LogP contribution in [0, 0.1) is 0 Å². The first-order chi connectivity index (χ1) is 21.9. The Morgan fingerprint density at radius 2 is 1.09 bits per heavy atom. The van der Waals surface area contributed by atoms with Gasteiger partial charge in [-0.05, 0) is 19.1 Å². The van der Waals surface area contributed by atoms with Gasteiger partial charge in [-0.25, -0.2) is 0 Å². The predicted molar refractivity (Wildman–Crippen MR) is 170 cm³/mol. The minimum absolute atomic E-state index is 0.124. The molecule has 248 valence electrons. The van der Waals surface area contributed by atoms with Crippen LogP contribution in [0.5, 0.6) is 11.5 Å². The third-order valence-corrected chi connectivity index (χ3v) is 6.60. The smallest absolute Gasteiger partial charge is 0.232 e. The summed E-state index contributed by atoms with van der Waals surface area (Å²) in [4.78, 5) is 19.5. The molecule has 14 nitrogen and oxygen atoms in total. The average Bonchev–Trinajstić information content (AvgIpc) is 3.04. The number of aliphatic hydroxyl groups excluding tert-OH is 5. The number of hydrogen-bond donors (Lipinski definition) is 5. The fourth-order valence-corrected chi connectivity index (χ4v) is 4.58. The van der Waals surface area contributed by atoms with Gasteiger partial charge in [0.15, 0.2) is 0 Å². The lowest BCUT2D eigenvalue weighted by molar-refractivity contribution is 0.145.